The summed E-state index contributed by atoms with van der Waals surface area (Å²) in [6.07, 6.45) is 6.82. The van der Waals surface area contributed by atoms with Crippen molar-refractivity contribution in [2.45, 2.75) is 64.5 Å². The highest BCUT2D eigenvalue weighted by Crippen LogP contribution is 2.39. The number of nitrogens with zero attached hydrogens (tertiary/aromatic N) is 2. The fraction of sp³-hybridized carbons (Fsp3) is 0.481. The molecule has 2 aromatic heterocycles. The van der Waals surface area contributed by atoms with Gasteiger partial charge >= 0.3 is 0 Å². The number of rotatable bonds is 8. The van der Waals surface area contributed by atoms with Crippen LogP contribution in [0.5, 0.6) is 11.5 Å². The summed E-state index contributed by atoms with van der Waals surface area (Å²) in [5, 5.41) is 6.08. The molecule has 0 atom stereocenters. The third-order valence-corrected chi connectivity index (χ3v) is 7.15. The van der Waals surface area contributed by atoms with Crippen LogP contribution in [0.3, 0.4) is 0 Å². The number of amides is 2. The van der Waals surface area contributed by atoms with Crippen molar-refractivity contribution in [1.82, 2.24) is 25.6 Å². The monoisotopic (exact) mass is 509 g/mol. The zero-order chi connectivity index (χ0) is 26.1. The molecule has 0 aliphatic heterocycles. The molecule has 2 heterocycles. The molecule has 9 nitrogen and oxygen atoms in total. The number of fused-ring (bicyclic) bond motifs is 1. The van der Waals surface area contributed by atoms with Crippen molar-refractivity contribution in [2.75, 3.05) is 13.7 Å². The zero-order valence-corrected chi connectivity index (χ0v) is 21.3. The van der Waals surface area contributed by atoms with E-state index in [1.54, 1.807) is 6.07 Å². The number of halogens is 1. The summed E-state index contributed by atoms with van der Waals surface area (Å²) < 4.78 is 26.0. The van der Waals surface area contributed by atoms with E-state index < -0.39 is 5.82 Å². The van der Waals surface area contributed by atoms with E-state index >= 15 is 0 Å². The zero-order valence-electron chi connectivity index (χ0n) is 21.3. The molecule has 2 aliphatic rings. The summed E-state index contributed by atoms with van der Waals surface area (Å²) in [5.41, 5.74) is 3.02. The van der Waals surface area contributed by atoms with Gasteiger partial charge in [-0.3, -0.25) is 9.59 Å². The fourth-order valence-corrected chi connectivity index (χ4v) is 5.02. The number of nitrogens with one attached hydrogen (secondary N) is 3. The number of aromatic nitrogens is 3. The molecule has 0 unspecified atom stereocenters. The van der Waals surface area contributed by atoms with E-state index in [0.717, 1.165) is 38.5 Å². The summed E-state index contributed by atoms with van der Waals surface area (Å²) in [5.74, 6) is 0.290. The first kappa shape index (κ1) is 25.0. The predicted octanol–water partition coefficient (Wildman–Crippen LogP) is 4.05. The van der Waals surface area contributed by atoms with Gasteiger partial charge in [-0.1, -0.05) is 0 Å². The molecule has 2 fully saturated rings. The van der Waals surface area contributed by atoms with Crippen molar-refractivity contribution in [1.29, 1.82) is 0 Å². The van der Waals surface area contributed by atoms with Crippen LogP contribution in [-0.4, -0.2) is 52.6 Å². The Bertz CT molecular complexity index is 1330. The van der Waals surface area contributed by atoms with Crippen molar-refractivity contribution < 1.29 is 23.5 Å². The van der Waals surface area contributed by atoms with Crippen LogP contribution in [0.15, 0.2) is 18.5 Å². The molecule has 10 heteroatoms. The van der Waals surface area contributed by atoms with E-state index in [4.69, 9.17) is 9.47 Å². The van der Waals surface area contributed by atoms with Crippen LogP contribution in [0.4, 0.5) is 4.39 Å². The first-order valence-corrected chi connectivity index (χ1v) is 12.8. The number of aryl methyl sites for hydroxylation is 1. The lowest BCUT2D eigenvalue weighted by Gasteiger charge is -2.29. The van der Waals surface area contributed by atoms with Gasteiger partial charge in [0.05, 0.1) is 24.8 Å². The number of carbonyl (C=O) groups is 2. The number of hydrogen-bond acceptors (Lipinski definition) is 6. The molecule has 2 amide bonds. The van der Waals surface area contributed by atoms with E-state index in [2.05, 4.69) is 25.6 Å². The number of methoxy groups -OCH3 is 1. The van der Waals surface area contributed by atoms with Crippen LogP contribution in [0.25, 0.3) is 22.3 Å². The lowest BCUT2D eigenvalue weighted by molar-refractivity contribution is -0.119. The van der Waals surface area contributed by atoms with Crippen LogP contribution in [0.1, 0.15) is 61.5 Å². The second-order valence-electron chi connectivity index (χ2n) is 10.0. The summed E-state index contributed by atoms with van der Waals surface area (Å²) in [4.78, 5) is 36.8. The predicted molar refractivity (Wildman–Crippen MR) is 136 cm³/mol. The second kappa shape index (κ2) is 10.4. The lowest BCUT2D eigenvalue weighted by atomic mass is 9.91. The van der Waals surface area contributed by atoms with Gasteiger partial charge in [-0.15, -0.1) is 0 Å². The van der Waals surface area contributed by atoms with Gasteiger partial charge in [-0.05, 0) is 57.4 Å². The highest BCUT2D eigenvalue weighted by molar-refractivity contribution is 6.09. The minimum Gasteiger partial charge on any atom is -0.494 e. The van der Waals surface area contributed by atoms with E-state index in [-0.39, 0.29) is 29.6 Å². The Kier molecular flexibility index (Phi) is 6.99. The van der Waals surface area contributed by atoms with Gasteiger partial charge in [0.1, 0.15) is 23.3 Å². The number of H-pyrrole nitrogens is 1. The van der Waals surface area contributed by atoms with Crippen LogP contribution < -0.4 is 20.1 Å². The van der Waals surface area contributed by atoms with E-state index in [1.165, 1.54) is 26.4 Å². The van der Waals surface area contributed by atoms with E-state index in [1.807, 2.05) is 6.92 Å². The first-order valence-electron chi connectivity index (χ1n) is 12.8. The van der Waals surface area contributed by atoms with Crippen molar-refractivity contribution in [2.24, 2.45) is 5.92 Å². The smallest absolute Gasteiger partial charge is 0.255 e. The number of carbonyl (C=O) groups excluding carboxylic acids is 2. The van der Waals surface area contributed by atoms with E-state index in [0.29, 0.717) is 51.8 Å². The Labute approximate surface area is 214 Å². The van der Waals surface area contributed by atoms with Crippen molar-refractivity contribution >= 4 is 22.8 Å². The number of ether oxygens (including phenoxy) is 2. The highest BCUT2D eigenvalue weighted by Gasteiger charge is 2.28. The Morgan fingerprint density at radius 1 is 1.05 bits per heavy atom. The lowest BCUT2D eigenvalue weighted by Crippen LogP contribution is -2.43. The largest absolute Gasteiger partial charge is 0.494 e. The molecular weight excluding hydrogens is 477 g/mol. The number of hydrogen-bond donors (Lipinski definition) is 3. The van der Waals surface area contributed by atoms with Gasteiger partial charge in [-0.2, -0.15) is 0 Å². The average Bonchev–Trinajstić information content (AvgIpc) is 3.63. The molecule has 0 radical (unpaired) electrons. The standard InChI is InChI=1S/C27H32FN5O4/c1-14-23(27(35)33-18-8-6-17(7-9-18)32-15(2)34)25-26(31-14)24(29-13-30-25)19-10-20(28)22(36-3)11-21(19)37-12-16-4-5-16/h10-11,13,16-18,31H,4-9,12H2,1-3H3,(H,32,34)(H,33,35)/t17-,18-. The third kappa shape index (κ3) is 5.38. The molecule has 1 aromatic carbocycles. The van der Waals surface area contributed by atoms with Gasteiger partial charge in [-0.25, -0.2) is 14.4 Å². The minimum atomic E-state index is -0.529. The highest BCUT2D eigenvalue weighted by atomic mass is 19.1. The van der Waals surface area contributed by atoms with Crippen molar-refractivity contribution in [3.63, 3.8) is 0 Å². The van der Waals surface area contributed by atoms with E-state index in [9.17, 15) is 14.0 Å². The summed E-state index contributed by atoms with van der Waals surface area (Å²) in [6.45, 7) is 3.87. The topological polar surface area (TPSA) is 118 Å². The Balaban J connectivity index is 1.43. The van der Waals surface area contributed by atoms with Crippen LogP contribution in [0, 0.1) is 18.7 Å². The Hall–Kier alpha value is -3.69. The third-order valence-electron chi connectivity index (χ3n) is 7.15. The molecule has 5 rings (SSSR count). The summed E-state index contributed by atoms with van der Waals surface area (Å²) >= 11 is 0. The Morgan fingerprint density at radius 2 is 1.76 bits per heavy atom. The van der Waals surface area contributed by atoms with Gasteiger partial charge < -0.3 is 25.1 Å². The maximum absolute atomic E-state index is 14.8. The van der Waals surface area contributed by atoms with Gasteiger partial charge in [0.25, 0.3) is 5.91 Å². The van der Waals surface area contributed by atoms with Gasteiger partial charge in [0.15, 0.2) is 11.6 Å². The van der Waals surface area contributed by atoms with Crippen LogP contribution >= 0.6 is 0 Å². The summed E-state index contributed by atoms with van der Waals surface area (Å²) in [6, 6.07) is 3.06. The second-order valence-corrected chi connectivity index (χ2v) is 10.0. The van der Waals surface area contributed by atoms with Crippen LogP contribution in [0.2, 0.25) is 0 Å². The Morgan fingerprint density at radius 3 is 2.41 bits per heavy atom. The molecule has 3 N–H and O–H groups in total. The fourth-order valence-electron chi connectivity index (χ4n) is 5.02. The molecule has 0 spiro atoms. The SMILES string of the molecule is COc1cc(OCC2CC2)c(-c2ncnc3c(C(=O)N[C@H]4CC[C@H](NC(C)=O)CC4)c(C)[nH]c23)cc1F. The molecule has 2 saturated carbocycles. The first-order chi connectivity index (χ1) is 17.8. The average molecular weight is 510 g/mol. The maximum atomic E-state index is 14.8. The molecule has 0 saturated heterocycles. The van der Waals surface area contributed by atoms with Crippen LogP contribution in [-0.2, 0) is 4.79 Å². The molecular formula is C27H32FN5O4. The quantitative estimate of drug-likeness (QED) is 0.422. The molecule has 0 bridgehead atoms. The van der Waals surface area contributed by atoms with Crippen molar-refractivity contribution in [3.05, 3.63) is 35.5 Å². The van der Waals surface area contributed by atoms with Gasteiger partial charge in [0.2, 0.25) is 5.91 Å². The normalized spacial score (nSPS) is 19.5. The molecule has 37 heavy (non-hydrogen) atoms. The van der Waals surface area contributed by atoms with Gasteiger partial charge in [0, 0.05) is 36.3 Å². The molecule has 3 aromatic rings. The number of benzene rings is 1. The van der Waals surface area contributed by atoms with Crippen molar-refractivity contribution in [3.8, 4) is 22.8 Å². The summed E-state index contributed by atoms with van der Waals surface area (Å²) in [7, 11) is 1.41. The minimum absolute atomic E-state index is 0.0151. The molecule has 196 valence electrons. The number of aromatic amines is 1. The molecule has 2 aliphatic carbocycles. The maximum Gasteiger partial charge on any atom is 0.255 e.